The minimum absolute atomic E-state index is 0.321. The third kappa shape index (κ3) is 3.14. The quantitative estimate of drug-likeness (QED) is 0.844. The first-order valence-electron chi connectivity index (χ1n) is 6.79. The van der Waals surface area contributed by atoms with E-state index in [-0.39, 0.29) is 0 Å². The van der Waals surface area contributed by atoms with Crippen LogP contribution in [0.1, 0.15) is 18.5 Å². The van der Waals surface area contributed by atoms with Crippen LogP contribution < -0.4 is 4.80 Å². The molecule has 1 saturated heterocycles. The number of ether oxygens (including phenoxy) is 1. The number of hydrogen-bond donors (Lipinski definition) is 0. The molecule has 1 aliphatic rings. The molecule has 106 valence electrons. The standard InChI is InChI=1S/C15H17ClN2OS/c1-11-10-20-15(17-13-5-2-4-12(16)8-13)18(11)9-14-6-3-7-19-14/h2,4-5,8,10,14H,3,6-7,9H2,1H3. The Bertz CT molecular complexity index is 656. The molecule has 20 heavy (non-hydrogen) atoms. The Morgan fingerprint density at radius 2 is 2.40 bits per heavy atom. The van der Waals surface area contributed by atoms with E-state index in [0.29, 0.717) is 11.1 Å². The molecule has 1 aliphatic heterocycles. The molecule has 1 aromatic heterocycles. The van der Waals surface area contributed by atoms with Crippen molar-refractivity contribution in [3.63, 3.8) is 0 Å². The average Bonchev–Trinajstić information content (AvgIpc) is 3.04. The molecule has 3 nitrogen and oxygen atoms in total. The number of rotatable bonds is 3. The molecule has 3 rings (SSSR count). The Morgan fingerprint density at radius 3 is 3.15 bits per heavy atom. The molecule has 0 bridgehead atoms. The summed E-state index contributed by atoms with van der Waals surface area (Å²) in [5.41, 5.74) is 2.12. The van der Waals surface area contributed by atoms with Crippen LogP contribution in [0.5, 0.6) is 0 Å². The molecule has 0 saturated carbocycles. The second-order valence-electron chi connectivity index (χ2n) is 5.00. The van der Waals surface area contributed by atoms with Crippen LogP contribution in [0.15, 0.2) is 34.6 Å². The molecule has 1 fully saturated rings. The van der Waals surface area contributed by atoms with Crippen LogP contribution in [0.3, 0.4) is 0 Å². The van der Waals surface area contributed by atoms with Gasteiger partial charge in [0.15, 0.2) is 4.80 Å². The van der Waals surface area contributed by atoms with Gasteiger partial charge < -0.3 is 9.30 Å². The highest BCUT2D eigenvalue weighted by molar-refractivity contribution is 7.07. The minimum atomic E-state index is 0.321. The third-order valence-corrected chi connectivity index (χ3v) is 4.65. The maximum atomic E-state index is 6.01. The van der Waals surface area contributed by atoms with Gasteiger partial charge in [-0.2, -0.15) is 0 Å². The molecule has 0 aliphatic carbocycles. The zero-order valence-corrected chi connectivity index (χ0v) is 13.0. The topological polar surface area (TPSA) is 26.5 Å². The second kappa shape index (κ2) is 6.12. The molecule has 5 heteroatoms. The van der Waals surface area contributed by atoms with Crippen molar-refractivity contribution in [2.45, 2.75) is 32.4 Å². The van der Waals surface area contributed by atoms with Gasteiger partial charge in [0.1, 0.15) is 0 Å². The average molecular weight is 309 g/mol. The molecule has 1 atom stereocenters. The summed E-state index contributed by atoms with van der Waals surface area (Å²) in [6, 6.07) is 7.64. The van der Waals surface area contributed by atoms with Gasteiger partial charge >= 0.3 is 0 Å². The van der Waals surface area contributed by atoms with E-state index in [1.54, 1.807) is 11.3 Å². The van der Waals surface area contributed by atoms with Crippen LogP contribution in [0.25, 0.3) is 0 Å². The van der Waals surface area contributed by atoms with E-state index in [1.807, 2.05) is 24.3 Å². The normalized spacial score (nSPS) is 19.7. The summed E-state index contributed by atoms with van der Waals surface area (Å²) in [5, 5.41) is 2.85. The van der Waals surface area contributed by atoms with E-state index in [9.17, 15) is 0 Å². The molecule has 2 aromatic rings. The smallest absolute Gasteiger partial charge is 0.190 e. The number of thiazole rings is 1. The first kappa shape index (κ1) is 13.9. The van der Waals surface area contributed by atoms with Gasteiger partial charge in [0.2, 0.25) is 0 Å². The highest BCUT2D eigenvalue weighted by Crippen LogP contribution is 2.18. The summed E-state index contributed by atoms with van der Waals surface area (Å²) < 4.78 is 7.96. The van der Waals surface area contributed by atoms with E-state index in [2.05, 4.69) is 16.9 Å². The van der Waals surface area contributed by atoms with Crippen molar-refractivity contribution in [3.05, 3.63) is 45.2 Å². The molecular weight excluding hydrogens is 292 g/mol. The summed E-state index contributed by atoms with van der Waals surface area (Å²) in [6.07, 6.45) is 2.62. The highest BCUT2D eigenvalue weighted by atomic mass is 35.5. The predicted molar refractivity (Wildman–Crippen MR) is 82.7 cm³/mol. The van der Waals surface area contributed by atoms with E-state index in [4.69, 9.17) is 21.3 Å². The van der Waals surface area contributed by atoms with Gasteiger partial charge in [-0.15, -0.1) is 11.3 Å². The van der Waals surface area contributed by atoms with Gasteiger partial charge in [0, 0.05) is 22.7 Å². The van der Waals surface area contributed by atoms with Gasteiger partial charge in [-0.05, 0) is 38.0 Å². The van der Waals surface area contributed by atoms with Gasteiger partial charge in [0.25, 0.3) is 0 Å². The Balaban J connectivity index is 1.93. The molecule has 0 amide bonds. The van der Waals surface area contributed by atoms with Crippen molar-refractivity contribution in [3.8, 4) is 0 Å². The maximum absolute atomic E-state index is 6.01. The highest BCUT2D eigenvalue weighted by Gasteiger charge is 2.17. The van der Waals surface area contributed by atoms with E-state index in [0.717, 1.165) is 36.5 Å². The molecular formula is C15H17ClN2OS. The maximum Gasteiger partial charge on any atom is 0.190 e. The van der Waals surface area contributed by atoms with Crippen LogP contribution >= 0.6 is 22.9 Å². The molecule has 2 heterocycles. The number of aryl methyl sites for hydroxylation is 1. The lowest BCUT2D eigenvalue weighted by Crippen LogP contribution is -2.24. The van der Waals surface area contributed by atoms with E-state index >= 15 is 0 Å². The lowest BCUT2D eigenvalue weighted by Gasteiger charge is -2.12. The molecule has 1 aromatic carbocycles. The largest absolute Gasteiger partial charge is 0.376 e. The Labute approximate surface area is 127 Å². The van der Waals surface area contributed by atoms with Crippen LogP contribution in [0.4, 0.5) is 5.69 Å². The number of aromatic nitrogens is 1. The van der Waals surface area contributed by atoms with E-state index in [1.165, 1.54) is 5.69 Å². The SMILES string of the molecule is Cc1csc(=Nc2cccc(Cl)c2)n1CC1CCCO1. The zero-order chi connectivity index (χ0) is 13.9. The van der Waals surface area contributed by atoms with Gasteiger partial charge in [-0.25, -0.2) is 4.99 Å². The number of hydrogen-bond acceptors (Lipinski definition) is 3. The summed E-state index contributed by atoms with van der Waals surface area (Å²) in [7, 11) is 0. The van der Waals surface area contributed by atoms with Crippen molar-refractivity contribution >= 4 is 28.6 Å². The molecule has 0 radical (unpaired) electrons. The fourth-order valence-electron chi connectivity index (χ4n) is 2.37. The van der Waals surface area contributed by atoms with Gasteiger partial charge in [0.05, 0.1) is 18.3 Å². The third-order valence-electron chi connectivity index (χ3n) is 3.43. The first-order chi connectivity index (χ1) is 9.72. The number of halogens is 1. The second-order valence-corrected chi connectivity index (χ2v) is 6.27. The van der Waals surface area contributed by atoms with Crippen molar-refractivity contribution in [1.82, 2.24) is 4.57 Å². The fraction of sp³-hybridized carbons (Fsp3) is 0.400. The van der Waals surface area contributed by atoms with Gasteiger partial charge in [-0.3, -0.25) is 0 Å². The number of nitrogens with zero attached hydrogens (tertiary/aromatic N) is 2. The Morgan fingerprint density at radius 1 is 1.50 bits per heavy atom. The monoisotopic (exact) mass is 308 g/mol. The minimum Gasteiger partial charge on any atom is -0.376 e. The summed E-state index contributed by atoms with van der Waals surface area (Å²) >= 11 is 7.67. The van der Waals surface area contributed by atoms with Crippen LogP contribution in [-0.2, 0) is 11.3 Å². The Hall–Kier alpha value is -1.10. The first-order valence-corrected chi connectivity index (χ1v) is 8.05. The molecule has 1 unspecified atom stereocenters. The zero-order valence-electron chi connectivity index (χ0n) is 11.4. The van der Waals surface area contributed by atoms with Crippen LogP contribution in [-0.4, -0.2) is 17.3 Å². The predicted octanol–water partition coefficient (Wildman–Crippen LogP) is 3.92. The molecule has 0 spiro atoms. The van der Waals surface area contributed by atoms with Crippen LogP contribution in [0.2, 0.25) is 5.02 Å². The summed E-state index contributed by atoms with van der Waals surface area (Å²) in [6.45, 7) is 3.88. The van der Waals surface area contributed by atoms with Crippen molar-refractivity contribution in [2.75, 3.05) is 6.61 Å². The van der Waals surface area contributed by atoms with Crippen molar-refractivity contribution in [2.24, 2.45) is 4.99 Å². The summed E-state index contributed by atoms with van der Waals surface area (Å²) in [5.74, 6) is 0. The summed E-state index contributed by atoms with van der Waals surface area (Å²) in [4.78, 5) is 5.71. The lowest BCUT2D eigenvalue weighted by atomic mass is 10.2. The van der Waals surface area contributed by atoms with Crippen molar-refractivity contribution < 1.29 is 4.74 Å². The van der Waals surface area contributed by atoms with Crippen molar-refractivity contribution in [1.29, 1.82) is 0 Å². The fourth-order valence-corrected chi connectivity index (χ4v) is 3.46. The molecule has 0 N–H and O–H groups in total. The van der Waals surface area contributed by atoms with E-state index < -0.39 is 0 Å². The van der Waals surface area contributed by atoms with Crippen LogP contribution in [0, 0.1) is 6.92 Å². The Kier molecular flexibility index (Phi) is 4.24. The van der Waals surface area contributed by atoms with Gasteiger partial charge in [-0.1, -0.05) is 17.7 Å². The number of benzene rings is 1. The lowest BCUT2D eigenvalue weighted by molar-refractivity contribution is 0.0959.